The van der Waals surface area contributed by atoms with Gasteiger partial charge < -0.3 is 0 Å². The van der Waals surface area contributed by atoms with Crippen molar-refractivity contribution < 1.29 is 13.2 Å². The van der Waals surface area contributed by atoms with Crippen molar-refractivity contribution in [2.45, 2.75) is 43.9 Å². The van der Waals surface area contributed by atoms with Crippen LogP contribution in [0.5, 0.6) is 0 Å². The molecule has 3 nitrogen and oxygen atoms in total. The van der Waals surface area contributed by atoms with Gasteiger partial charge in [-0.2, -0.15) is 18.4 Å². The van der Waals surface area contributed by atoms with E-state index in [1.165, 1.54) is 0 Å². The van der Waals surface area contributed by atoms with Gasteiger partial charge in [0.25, 0.3) is 0 Å². The summed E-state index contributed by atoms with van der Waals surface area (Å²) in [6.45, 7) is 2.58. The highest BCUT2D eigenvalue weighted by Crippen LogP contribution is 2.34. The number of nitriles is 1. The van der Waals surface area contributed by atoms with Crippen LogP contribution in [0.1, 0.15) is 26.2 Å². The Balaban J connectivity index is 1.88. The van der Waals surface area contributed by atoms with Gasteiger partial charge in [0.05, 0.1) is 12.0 Å². The molecular weight excluding hydrogens is 243 g/mol. The second kappa shape index (κ2) is 4.71. The highest BCUT2D eigenvalue weighted by Gasteiger charge is 2.45. The normalized spacial score (nSPS) is 28.9. The van der Waals surface area contributed by atoms with Crippen molar-refractivity contribution >= 4 is 0 Å². The topological polar surface area (TPSA) is 39.1 Å². The van der Waals surface area contributed by atoms with Gasteiger partial charge in [0.1, 0.15) is 5.54 Å². The molecule has 1 aliphatic heterocycles. The van der Waals surface area contributed by atoms with Gasteiger partial charge >= 0.3 is 6.18 Å². The smallest absolute Gasteiger partial charge is 0.300 e. The SMILES string of the molecule is CC(C#N)(CN1CCC(C(F)(F)F)C1)NC1CC1. The quantitative estimate of drug-likeness (QED) is 0.840. The molecule has 1 saturated carbocycles. The second-order valence-corrected chi connectivity index (χ2v) is 5.62. The van der Waals surface area contributed by atoms with Crippen LogP contribution in [-0.2, 0) is 0 Å². The van der Waals surface area contributed by atoms with Crippen molar-refractivity contribution in [3.8, 4) is 6.07 Å². The Hall–Kier alpha value is -0.800. The highest BCUT2D eigenvalue weighted by atomic mass is 19.4. The van der Waals surface area contributed by atoms with Crippen LogP contribution in [0.15, 0.2) is 0 Å². The maximum Gasteiger partial charge on any atom is 0.393 e. The van der Waals surface area contributed by atoms with E-state index in [0.29, 0.717) is 19.1 Å². The monoisotopic (exact) mass is 261 g/mol. The molecule has 1 N–H and O–H groups in total. The van der Waals surface area contributed by atoms with Gasteiger partial charge in [-0.15, -0.1) is 0 Å². The van der Waals surface area contributed by atoms with Crippen LogP contribution < -0.4 is 5.32 Å². The van der Waals surface area contributed by atoms with Crippen molar-refractivity contribution in [2.75, 3.05) is 19.6 Å². The zero-order valence-corrected chi connectivity index (χ0v) is 10.4. The minimum Gasteiger partial charge on any atom is -0.300 e. The van der Waals surface area contributed by atoms with E-state index in [0.717, 1.165) is 12.8 Å². The Morgan fingerprint density at radius 3 is 2.44 bits per heavy atom. The number of alkyl halides is 3. The first-order chi connectivity index (χ1) is 8.32. The van der Waals surface area contributed by atoms with Crippen molar-refractivity contribution in [3.05, 3.63) is 0 Å². The molecular formula is C12H18F3N3. The number of likely N-dealkylation sites (tertiary alicyclic amines) is 1. The first kappa shape index (κ1) is 13.6. The molecule has 0 aromatic heterocycles. The summed E-state index contributed by atoms with van der Waals surface area (Å²) < 4.78 is 37.7. The third kappa shape index (κ3) is 3.36. The van der Waals surface area contributed by atoms with Gasteiger partial charge in [0, 0.05) is 19.1 Å². The first-order valence-electron chi connectivity index (χ1n) is 6.30. The Bertz CT molecular complexity index is 345. The van der Waals surface area contributed by atoms with Gasteiger partial charge in [0.2, 0.25) is 0 Å². The van der Waals surface area contributed by atoms with Crippen LogP contribution in [0, 0.1) is 17.2 Å². The van der Waals surface area contributed by atoms with E-state index < -0.39 is 17.6 Å². The number of nitrogens with zero attached hydrogens (tertiary/aromatic N) is 2. The maximum absolute atomic E-state index is 12.6. The molecule has 1 aliphatic carbocycles. The molecule has 2 unspecified atom stereocenters. The molecule has 0 aromatic carbocycles. The van der Waals surface area contributed by atoms with Crippen LogP contribution in [-0.4, -0.2) is 42.3 Å². The Kier molecular flexibility index (Phi) is 3.56. The molecule has 0 amide bonds. The lowest BCUT2D eigenvalue weighted by Crippen LogP contribution is -2.51. The van der Waals surface area contributed by atoms with Gasteiger partial charge in [-0.3, -0.25) is 10.2 Å². The average Bonchev–Trinajstić information content (AvgIpc) is 2.92. The third-order valence-electron chi connectivity index (χ3n) is 3.62. The molecule has 6 heteroatoms. The molecule has 102 valence electrons. The molecule has 1 saturated heterocycles. The van der Waals surface area contributed by atoms with E-state index in [1.807, 2.05) is 0 Å². The van der Waals surface area contributed by atoms with Gasteiger partial charge in [-0.25, -0.2) is 0 Å². The molecule has 2 atom stereocenters. The van der Waals surface area contributed by atoms with E-state index in [2.05, 4.69) is 11.4 Å². The largest absolute Gasteiger partial charge is 0.393 e. The lowest BCUT2D eigenvalue weighted by Gasteiger charge is -2.29. The van der Waals surface area contributed by atoms with E-state index >= 15 is 0 Å². The Labute approximate surface area is 105 Å². The van der Waals surface area contributed by atoms with Gasteiger partial charge in [-0.05, 0) is 32.7 Å². The molecule has 0 aromatic rings. The first-order valence-corrected chi connectivity index (χ1v) is 6.30. The predicted octanol–water partition coefficient (Wildman–Crippen LogP) is 1.90. The average molecular weight is 261 g/mol. The summed E-state index contributed by atoms with van der Waals surface area (Å²) in [5.74, 6) is -1.23. The molecule has 0 radical (unpaired) electrons. The summed E-state index contributed by atoms with van der Waals surface area (Å²) >= 11 is 0. The van der Waals surface area contributed by atoms with Crippen LogP contribution in [0.25, 0.3) is 0 Å². The fraction of sp³-hybridized carbons (Fsp3) is 0.917. The van der Waals surface area contributed by atoms with Crippen molar-refractivity contribution in [1.29, 1.82) is 5.26 Å². The molecule has 1 heterocycles. The number of nitrogens with one attached hydrogen (secondary N) is 1. The third-order valence-corrected chi connectivity index (χ3v) is 3.62. The van der Waals surface area contributed by atoms with Crippen molar-refractivity contribution in [2.24, 2.45) is 5.92 Å². The lowest BCUT2D eigenvalue weighted by atomic mass is 10.0. The van der Waals surface area contributed by atoms with E-state index in [9.17, 15) is 18.4 Å². The summed E-state index contributed by atoms with van der Waals surface area (Å²) in [6, 6.07) is 2.57. The van der Waals surface area contributed by atoms with Crippen molar-refractivity contribution in [3.63, 3.8) is 0 Å². The van der Waals surface area contributed by atoms with E-state index in [-0.39, 0.29) is 13.0 Å². The zero-order valence-electron chi connectivity index (χ0n) is 10.4. The fourth-order valence-corrected chi connectivity index (χ4v) is 2.48. The molecule has 18 heavy (non-hydrogen) atoms. The van der Waals surface area contributed by atoms with Crippen LogP contribution in [0.3, 0.4) is 0 Å². The Morgan fingerprint density at radius 2 is 2.00 bits per heavy atom. The van der Waals surface area contributed by atoms with Gasteiger partial charge in [-0.1, -0.05) is 0 Å². The Morgan fingerprint density at radius 1 is 1.33 bits per heavy atom. The molecule has 2 rings (SSSR count). The van der Waals surface area contributed by atoms with Crippen LogP contribution in [0.2, 0.25) is 0 Å². The second-order valence-electron chi connectivity index (χ2n) is 5.62. The van der Waals surface area contributed by atoms with E-state index in [1.54, 1.807) is 11.8 Å². The lowest BCUT2D eigenvalue weighted by molar-refractivity contribution is -0.170. The van der Waals surface area contributed by atoms with Crippen molar-refractivity contribution in [1.82, 2.24) is 10.2 Å². The van der Waals surface area contributed by atoms with Crippen LogP contribution >= 0.6 is 0 Å². The molecule has 2 fully saturated rings. The summed E-state index contributed by atoms with van der Waals surface area (Å²) in [5.41, 5.74) is -0.734. The number of halogens is 3. The summed E-state index contributed by atoms with van der Waals surface area (Å²) in [5, 5.41) is 12.4. The number of hydrogen-bond acceptors (Lipinski definition) is 3. The van der Waals surface area contributed by atoms with E-state index in [4.69, 9.17) is 0 Å². The van der Waals surface area contributed by atoms with Crippen LogP contribution in [0.4, 0.5) is 13.2 Å². The standard InChI is InChI=1S/C12H18F3N3/c1-11(7-16,17-10-2-3-10)8-18-5-4-9(6-18)12(13,14)15/h9-10,17H,2-6,8H2,1H3. The minimum atomic E-state index is -4.11. The maximum atomic E-state index is 12.6. The number of rotatable bonds is 4. The minimum absolute atomic E-state index is 0.0209. The zero-order chi connectivity index (χ0) is 13.4. The fourth-order valence-electron chi connectivity index (χ4n) is 2.48. The predicted molar refractivity (Wildman–Crippen MR) is 60.8 cm³/mol. The molecule has 2 aliphatic rings. The summed E-state index contributed by atoms with van der Waals surface area (Å²) in [7, 11) is 0. The summed E-state index contributed by atoms with van der Waals surface area (Å²) in [4.78, 5) is 1.75. The molecule has 0 spiro atoms. The number of hydrogen-bond donors (Lipinski definition) is 1. The molecule has 0 bridgehead atoms. The van der Waals surface area contributed by atoms with Gasteiger partial charge in [0.15, 0.2) is 0 Å². The highest BCUT2D eigenvalue weighted by molar-refractivity contribution is 5.09. The summed E-state index contributed by atoms with van der Waals surface area (Å²) in [6.07, 6.45) is -1.85.